The fourth-order valence-corrected chi connectivity index (χ4v) is 1.71. The summed E-state index contributed by atoms with van der Waals surface area (Å²) in [6.45, 7) is 4.17. The third-order valence-corrected chi connectivity index (χ3v) is 2.68. The largest absolute Gasteiger partial charge is 0.481 e. The van der Waals surface area contributed by atoms with Crippen LogP contribution in [0.3, 0.4) is 0 Å². The van der Waals surface area contributed by atoms with Crippen LogP contribution in [-0.4, -0.2) is 11.1 Å². The Kier molecular flexibility index (Phi) is 4.77. The van der Waals surface area contributed by atoms with Crippen molar-refractivity contribution in [1.29, 1.82) is 0 Å². The molecule has 0 aromatic heterocycles. The van der Waals surface area contributed by atoms with Crippen LogP contribution in [0.25, 0.3) is 5.57 Å². The molecule has 0 aliphatic rings. The van der Waals surface area contributed by atoms with Crippen LogP contribution in [0.2, 0.25) is 0 Å². The first kappa shape index (κ1) is 12.5. The second-order valence-electron chi connectivity index (χ2n) is 3.76. The Hall–Kier alpha value is -1.57. The smallest absolute Gasteiger partial charge is 0.303 e. The summed E-state index contributed by atoms with van der Waals surface area (Å²) in [7, 11) is 0. The van der Waals surface area contributed by atoms with Crippen molar-refractivity contribution < 1.29 is 9.90 Å². The van der Waals surface area contributed by atoms with Crippen LogP contribution in [0.1, 0.15) is 37.8 Å². The number of benzene rings is 1. The van der Waals surface area contributed by atoms with Gasteiger partial charge in [0.2, 0.25) is 0 Å². The Balaban J connectivity index is 2.71. The van der Waals surface area contributed by atoms with Crippen LogP contribution in [0, 0.1) is 0 Å². The number of rotatable bonds is 5. The molecule has 0 unspecified atom stereocenters. The fourth-order valence-electron chi connectivity index (χ4n) is 1.71. The lowest BCUT2D eigenvalue weighted by Crippen LogP contribution is -1.97. The molecule has 0 aliphatic heterocycles. The molecule has 0 saturated carbocycles. The van der Waals surface area contributed by atoms with E-state index in [1.807, 2.05) is 19.1 Å². The number of allylic oxidation sites excluding steroid dienone is 2. The minimum absolute atomic E-state index is 0.198. The maximum absolute atomic E-state index is 10.4. The Morgan fingerprint density at radius 3 is 2.38 bits per heavy atom. The molecule has 0 atom stereocenters. The predicted octanol–water partition coefficient (Wildman–Crippen LogP) is 3.52. The predicted molar refractivity (Wildman–Crippen MR) is 66.3 cm³/mol. The van der Waals surface area contributed by atoms with Crippen LogP contribution in [-0.2, 0) is 11.2 Å². The van der Waals surface area contributed by atoms with Crippen molar-refractivity contribution in [3.05, 3.63) is 41.5 Å². The zero-order valence-electron chi connectivity index (χ0n) is 9.86. The van der Waals surface area contributed by atoms with Crippen LogP contribution >= 0.6 is 0 Å². The fraction of sp³-hybridized carbons (Fsp3) is 0.357. The monoisotopic (exact) mass is 218 g/mol. The van der Waals surface area contributed by atoms with E-state index in [-0.39, 0.29) is 6.42 Å². The van der Waals surface area contributed by atoms with E-state index in [9.17, 15) is 4.79 Å². The van der Waals surface area contributed by atoms with Crippen LogP contribution in [0.5, 0.6) is 0 Å². The molecule has 1 aromatic rings. The van der Waals surface area contributed by atoms with Crippen molar-refractivity contribution in [1.82, 2.24) is 0 Å². The number of carboxylic acid groups (broad SMARTS) is 1. The number of hydrogen-bond acceptors (Lipinski definition) is 1. The van der Waals surface area contributed by atoms with Crippen molar-refractivity contribution in [2.75, 3.05) is 0 Å². The molecule has 0 spiro atoms. The normalized spacial score (nSPS) is 11.5. The average Bonchev–Trinajstić information content (AvgIpc) is 2.29. The molecule has 1 aromatic carbocycles. The van der Waals surface area contributed by atoms with E-state index in [4.69, 9.17) is 5.11 Å². The van der Waals surface area contributed by atoms with Gasteiger partial charge in [-0.2, -0.15) is 0 Å². The van der Waals surface area contributed by atoms with Gasteiger partial charge in [-0.15, -0.1) is 0 Å². The lowest BCUT2D eigenvalue weighted by atomic mass is 10.0. The zero-order valence-corrected chi connectivity index (χ0v) is 9.86. The molecule has 86 valence electrons. The maximum atomic E-state index is 10.4. The number of carbonyl (C=O) groups is 1. The Morgan fingerprint density at radius 1 is 1.31 bits per heavy atom. The highest BCUT2D eigenvalue weighted by molar-refractivity contribution is 5.67. The standard InChI is InChI=1S/C14H18O2/c1-3-12(4-2)13-8-5-11(6-9-13)7-10-14(15)16/h3,5-6,8-9H,4,7,10H2,1-2H3,(H,15,16). The molecule has 0 saturated heterocycles. The van der Waals surface area contributed by atoms with E-state index in [0.717, 1.165) is 12.0 Å². The van der Waals surface area contributed by atoms with Gasteiger partial charge in [-0.25, -0.2) is 0 Å². The molecule has 0 aliphatic carbocycles. The van der Waals surface area contributed by atoms with Gasteiger partial charge in [0.05, 0.1) is 0 Å². The molecule has 2 heteroatoms. The summed E-state index contributed by atoms with van der Waals surface area (Å²) in [5, 5.41) is 8.58. The van der Waals surface area contributed by atoms with Crippen LogP contribution < -0.4 is 0 Å². The van der Waals surface area contributed by atoms with Crippen LogP contribution in [0.15, 0.2) is 30.3 Å². The third-order valence-electron chi connectivity index (χ3n) is 2.68. The van der Waals surface area contributed by atoms with Gasteiger partial charge in [-0.3, -0.25) is 4.79 Å². The van der Waals surface area contributed by atoms with Gasteiger partial charge in [0.1, 0.15) is 0 Å². The SMILES string of the molecule is CC=C(CC)c1ccc(CCC(=O)O)cc1. The molecule has 16 heavy (non-hydrogen) atoms. The molecule has 0 amide bonds. The van der Waals surface area contributed by atoms with E-state index in [1.165, 1.54) is 11.1 Å². The second kappa shape index (κ2) is 6.11. The summed E-state index contributed by atoms with van der Waals surface area (Å²) in [5.74, 6) is -0.744. The molecule has 1 rings (SSSR count). The molecule has 0 heterocycles. The minimum Gasteiger partial charge on any atom is -0.481 e. The summed E-state index contributed by atoms with van der Waals surface area (Å²) in [6, 6.07) is 8.15. The Labute approximate surface area is 96.6 Å². The Morgan fingerprint density at radius 2 is 1.94 bits per heavy atom. The zero-order chi connectivity index (χ0) is 12.0. The minimum atomic E-state index is -0.744. The van der Waals surface area contributed by atoms with Gasteiger partial charge >= 0.3 is 5.97 Å². The second-order valence-corrected chi connectivity index (χ2v) is 3.76. The molecular formula is C14H18O2. The molecule has 0 fully saturated rings. The van der Waals surface area contributed by atoms with E-state index in [0.29, 0.717) is 6.42 Å². The molecular weight excluding hydrogens is 200 g/mol. The number of carboxylic acids is 1. The third kappa shape index (κ3) is 3.54. The first-order valence-corrected chi connectivity index (χ1v) is 5.63. The van der Waals surface area contributed by atoms with Gasteiger partial charge < -0.3 is 5.11 Å². The lowest BCUT2D eigenvalue weighted by molar-refractivity contribution is -0.136. The summed E-state index contributed by atoms with van der Waals surface area (Å²) in [5.41, 5.74) is 3.63. The average molecular weight is 218 g/mol. The summed E-state index contributed by atoms with van der Waals surface area (Å²) in [6.07, 6.45) is 3.94. The van der Waals surface area contributed by atoms with E-state index < -0.39 is 5.97 Å². The summed E-state index contributed by atoms with van der Waals surface area (Å²) < 4.78 is 0. The van der Waals surface area contributed by atoms with Gasteiger partial charge in [-0.05, 0) is 36.5 Å². The van der Waals surface area contributed by atoms with Gasteiger partial charge in [0.25, 0.3) is 0 Å². The highest BCUT2D eigenvalue weighted by Gasteiger charge is 2.01. The van der Waals surface area contributed by atoms with E-state index in [1.54, 1.807) is 0 Å². The highest BCUT2D eigenvalue weighted by Crippen LogP contribution is 2.18. The first-order valence-electron chi connectivity index (χ1n) is 5.63. The van der Waals surface area contributed by atoms with Crippen molar-refractivity contribution in [3.8, 4) is 0 Å². The van der Waals surface area contributed by atoms with Gasteiger partial charge in [0, 0.05) is 6.42 Å². The molecule has 2 nitrogen and oxygen atoms in total. The van der Waals surface area contributed by atoms with E-state index in [2.05, 4.69) is 25.1 Å². The number of aliphatic carboxylic acids is 1. The first-order chi connectivity index (χ1) is 7.67. The van der Waals surface area contributed by atoms with Crippen LogP contribution in [0.4, 0.5) is 0 Å². The van der Waals surface area contributed by atoms with Crippen molar-refractivity contribution in [2.45, 2.75) is 33.1 Å². The molecule has 0 bridgehead atoms. The molecule has 1 N–H and O–H groups in total. The maximum Gasteiger partial charge on any atom is 0.303 e. The summed E-state index contributed by atoms with van der Waals surface area (Å²) >= 11 is 0. The number of aryl methyl sites for hydroxylation is 1. The van der Waals surface area contributed by atoms with E-state index >= 15 is 0 Å². The van der Waals surface area contributed by atoms with Crippen molar-refractivity contribution in [3.63, 3.8) is 0 Å². The van der Waals surface area contributed by atoms with Gasteiger partial charge in [-0.1, -0.05) is 37.3 Å². The molecule has 0 radical (unpaired) electrons. The number of hydrogen-bond donors (Lipinski definition) is 1. The topological polar surface area (TPSA) is 37.3 Å². The Bertz CT molecular complexity index is 374. The highest BCUT2D eigenvalue weighted by atomic mass is 16.4. The van der Waals surface area contributed by atoms with Crippen molar-refractivity contribution >= 4 is 11.5 Å². The quantitative estimate of drug-likeness (QED) is 0.821. The van der Waals surface area contributed by atoms with Gasteiger partial charge in [0.15, 0.2) is 0 Å². The van der Waals surface area contributed by atoms with Crippen molar-refractivity contribution in [2.24, 2.45) is 0 Å². The lowest BCUT2D eigenvalue weighted by Gasteiger charge is -2.05. The summed E-state index contributed by atoms with van der Waals surface area (Å²) in [4.78, 5) is 10.4.